The van der Waals surface area contributed by atoms with Gasteiger partial charge in [-0.05, 0) is 38.5 Å². The van der Waals surface area contributed by atoms with Gasteiger partial charge in [-0.2, -0.15) is 0 Å². The van der Waals surface area contributed by atoms with Crippen LogP contribution in [0.2, 0.25) is 0 Å². The van der Waals surface area contributed by atoms with Gasteiger partial charge in [0.05, 0.1) is 25.7 Å². The number of carbonyl (C=O) groups excluding carboxylic acids is 1. The van der Waals surface area contributed by atoms with E-state index in [4.69, 9.17) is 14.5 Å². The molecule has 0 aliphatic rings. The maximum Gasteiger partial charge on any atom is 0.240 e. The van der Waals surface area contributed by atoms with Crippen molar-refractivity contribution in [2.75, 3.05) is 13.7 Å². The fourth-order valence-electron chi connectivity index (χ4n) is 3.04. The monoisotopic (exact) mass is 420 g/mol. The zero-order chi connectivity index (χ0) is 22.2. The highest BCUT2D eigenvalue weighted by Crippen LogP contribution is 2.25. The fourth-order valence-corrected chi connectivity index (χ4v) is 3.04. The SMILES string of the molecule is CCOC=Cc1ccc(-c2cn(CC(=O)NC(C)C)c(-c3cccc(OC)n3)n2)cc1. The van der Waals surface area contributed by atoms with Crippen LogP contribution in [-0.4, -0.2) is 40.2 Å². The van der Waals surface area contributed by atoms with Crippen LogP contribution in [0.1, 0.15) is 26.3 Å². The van der Waals surface area contributed by atoms with E-state index in [-0.39, 0.29) is 18.5 Å². The quantitative estimate of drug-likeness (QED) is 0.526. The molecule has 0 spiro atoms. The van der Waals surface area contributed by atoms with Crippen molar-refractivity contribution >= 4 is 12.0 Å². The highest BCUT2D eigenvalue weighted by Gasteiger charge is 2.16. The number of hydrogen-bond donors (Lipinski definition) is 1. The Labute approximate surface area is 182 Å². The zero-order valence-electron chi connectivity index (χ0n) is 18.3. The number of methoxy groups -OCH3 is 1. The van der Waals surface area contributed by atoms with Crippen molar-refractivity contribution in [3.63, 3.8) is 0 Å². The number of hydrogen-bond acceptors (Lipinski definition) is 5. The molecule has 0 saturated heterocycles. The van der Waals surface area contributed by atoms with Crippen LogP contribution in [0.5, 0.6) is 5.88 Å². The first-order valence-corrected chi connectivity index (χ1v) is 10.3. The minimum Gasteiger partial charge on any atom is -0.501 e. The third kappa shape index (κ3) is 5.94. The molecule has 0 radical (unpaired) electrons. The molecule has 3 rings (SSSR count). The molecule has 31 heavy (non-hydrogen) atoms. The van der Waals surface area contributed by atoms with E-state index in [0.29, 0.717) is 24.0 Å². The number of amides is 1. The average molecular weight is 421 g/mol. The van der Waals surface area contributed by atoms with Crippen LogP contribution >= 0.6 is 0 Å². The second-order valence-corrected chi connectivity index (χ2v) is 7.25. The normalized spacial score (nSPS) is 11.1. The number of aromatic nitrogens is 3. The van der Waals surface area contributed by atoms with Crippen LogP contribution in [0.15, 0.2) is 54.9 Å². The lowest BCUT2D eigenvalue weighted by atomic mass is 10.1. The van der Waals surface area contributed by atoms with Gasteiger partial charge in [-0.15, -0.1) is 0 Å². The first-order valence-electron chi connectivity index (χ1n) is 10.3. The molecule has 7 nitrogen and oxygen atoms in total. The Morgan fingerprint density at radius 2 is 1.90 bits per heavy atom. The van der Waals surface area contributed by atoms with Crippen molar-refractivity contribution in [1.82, 2.24) is 19.9 Å². The Morgan fingerprint density at radius 3 is 2.58 bits per heavy atom. The lowest BCUT2D eigenvalue weighted by molar-refractivity contribution is -0.122. The summed E-state index contributed by atoms with van der Waals surface area (Å²) in [6.45, 7) is 6.60. The lowest BCUT2D eigenvalue weighted by Crippen LogP contribution is -2.33. The van der Waals surface area contributed by atoms with E-state index < -0.39 is 0 Å². The van der Waals surface area contributed by atoms with E-state index in [1.807, 2.05) is 74.0 Å². The summed E-state index contributed by atoms with van der Waals surface area (Å²) in [5, 5.41) is 2.92. The Bertz CT molecular complexity index is 1040. The van der Waals surface area contributed by atoms with Gasteiger partial charge < -0.3 is 19.4 Å². The van der Waals surface area contributed by atoms with Crippen LogP contribution in [0.4, 0.5) is 0 Å². The van der Waals surface area contributed by atoms with Crippen molar-refractivity contribution in [1.29, 1.82) is 0 Å². The van der Waals surface area contributed by atoms with Crippen molar-refractivity contribution in [3.05, 3.63) is 60.5 Å². The van der Waals surface area contributed by atoms with Crippen LogP contribution in [0.3, 0.4) is 0 Å². The Hall–Kier alpha value is -3.61. The molecular formula is C24H28N4O3. The van der Waals surface area contributed by atoms with E-state index in [2.05, 4.69) is 10.3 Å². The molecule has 0 fully saturated rings. The van der Waals surface area contributed by atoms with E-state index in [1.165, 1.54) is 0 Å². The number of nitrogens with zero attached hydrogens (tertiary/aromatic N) is 3. The smallest absolute Gasteiger partial charge is 0.240 e. The molecule has 3 aromatic rings. The van der Waals surface area contributed by atoms with Crippen molar-refractivity contribution < 1.29 is 14.3 Å². The molecule has 162 valence electrons. The molecule has 0 bridgehead atoms. The van der Waals surface area contributed by atoms with Gasteiger partial charge in [-0.1, -0.05) is 30.3 Å². The largest absolute Gasteiger partial charge is 0.501 e. The summed E-state index contributed by atoms with van der Waals surface area (Å²) in [6, 6.07) is 13.5. The predicted molar refractivity (Wildman–Crippen MR) is 121 cm³/mol. The van der Waals surface area contributed by atoms with Crippen LogP contribution in [0.25, 0.3) is 28.9 Å². The van der Waals surface area contributed by atoms with E-state index in [9.17, 15) is 4.79 Å². The third-order valence-corrected chi connectivity index (χ3v) is 4.43. The summed E-state index contributed by atoms with van der Waals surface area (Å²) in [7, 11) is 1.57. The molecular weight excluding hydrogens is 392 g/mol. The maximum atomic E-state index is 12.4. The molecule has 0 aliphatic carbocycles. The van der Waals surface area contributed by atoms with Crippen molar-refractivity contribution in [2.24, 2.45) is 0 Å². The number of nitrogens with one attached hydrogen (secondary N) is 1. The molecule has 0 saturated carbocycles. The predicted octanol–water partition coefficient (Wildman–Crippen LogP) is 4.15. The summed E-state index contributed by atoms with van der Waals surface area (Å²) in [6.07, 6.45) is 5.47. The average Bonchev–Trinajstić information content (AvgIpc) is 3.17. The number of benzene rings is 1. The maximum absolute atomic E-state index is 12.4. The van der Waals surface area contributed by atoms with Crippen LogP contribution in [0, 0.1) is 0 Å². The van der Waals surface area contributed by atoms with Crippen molar-refractivity contribution in [3.8, 4) is 28.7 Å². The van der Waals surface area contributed by atoms with Crippen LogP contribution < -0.4 is 10.1 Å². The first-order chi connectivity index (χ1) is 15.0. The minimum atomic E-state index is -0.0838. The zero-order valence-corrected chi connectivity index (χ0v) is 18.3. The summed E-state index contributed by atoms with van der Waals surface area (Å²) >= 11 is 0. The summed E-state index contributed by atoms with van der Waals surface area (Å²) in [5.41, 5.74) is 3.37. The molecule has 0 atom stereocenters. The van der Waals surface area contributed by atoms with Gasteiger partial charge in [0, 0.05) is 23.9 Å². The molecule has 1 amide bonds. The fraction of sp³-hybridized carbons (Fsp3) is 0.292. The van der Waals surface area contributed by atoms with Gasteiger partial charge >= 0.3 is 0 Å². The molecule has 0 aliphatic heterocycles. The van der Waals surface area contributed by atoms with Gasteiger partial charge in [-0.25, -0.2) is 9.97 Å². The standard InChI is InChI=1S/C24H28N4O3/c1-5-31-14-13-18-9-11-19(12-10-18)21-15-28(16-22(29)25-17(2)3)24(27-21)20-7-6-8-23(26-20)30-4/h6-15,17H,5,16H2,1-4H3,(H,25,29). The summed E-state index contributed by atoms with van der Waals surface area (Å²) < 4.78 is 12.3. The highest BCUT2D eigenvalue weighted by atomic mass is 16.5. The van der Waals surface area contributed by atoms with Crippen LogP contribution in [-0.2, 0) is 16.1 Å². The molecule has 0 unspecified atom stereocenters. The molecule has 7 heteroatoms. The topological polar surface area (TPSA) is 78.3 Å². The number of ether oxygens (including phenoxy) is 2. The molecule has 1 N–H and O–H groups in total. The molecule has 1 aromatic carbocycles. The third-order valence-electron chi connectivity index (χ3n) is 4.43. The number of pyridine rings is 1. The van der Waals surface area contributed by atoms with E-state index in [1.54, 1.807) is 19.4 Å². The van der Waals surface area contributed by atoms with E-state index in [0.717, 1.165) is 16.8 Å². The van der Waals surface area contributed by atoms with Gasteiger partial charge in [0.2, 0.25) is 11.8 Å². The first kappa shape index (κ1) is 22.1. The number of carbonyl (C=O) groups is 1. The number of rotatable bonds is 9. The van der Waals surface area contributed by atoms with Gasteiger partial charge in [0.25, 0.3) is 0 Å². The highest BCUT2D eigenvalue weighted by molar-refractivity contribution is 5.77. The number of imidazole rings is 1. The second-order valence-electron chi connectivity index (χ2n) is 7.25. The molecule has 2 aromatic heterocycles. The van der Waals surface area contributed by atoms with E-state index >= 15 is 0 Å². The summed E-state index contributed by atoms with van der Waals surface area (Å²) in [5.74, 6) is 1.01. The minimum absolute atomic E-state index is 0.0613. The Balaban J connectivity index is 1.95. The second kappa shape index (κ2) is 10.4. The van der Waals surface area contributed by atoms with Crippen molar-refractivity contribution in [2.45, 2.75) is 33.4 Å². The van der Waals surface area contributed by atoms with Gasteiger partial charge in [0.15, 0.2) is 5.82 Å². The Morgan fingerprint density at radius 1 is 1.13 bits per heavy atom. The summed E-state index contributed by atoms with van der Waals surface area (Å²) in [4.78, 5) is 21.7. The lowest BCUT2D eigenvalue weighted by Gasteiger charge is -2.11. The van der Waals surface area contributed by atoms with Gasteiger partial charge in [-0.3, -0.25) is 4.79 Å². The Kier molecular flexibility index (Phi) is 7.43. The molecule has 2 heterocycles. The van der Waals surface area contributed by atoms with Gasteiger partial charge in [0.1, 0.15) is 12.2 Å².